The number of carbonyl (C=O) groups is 1. The number of guanidine groups is 1. The Morgan fingerprint density at radius 3 is 2.70 bits per heavy atom. The minimum absolute atomic E-state index is 0. The summed E-state index contributed by atoms with van der Waals surface area (Å²) in [5.74, 6) is 0.998. The number of hydrogen-bond donors (Lipinski definition) is 2. The summed E-state index contributed by atoms with van der Waals surface area (Å²) in [7, 11) is 1.74. The second-order valence-corrected chi connectivity index (χ2v) is 5.28. The van der Waals surface area contributed by atoms with Gasteiger partial charge in [0.25, 0.3) is 0 Å². The monoisotopic (exact) mass is 428 g/mol. The summed E-state index contributed by atoms with van der Waals surface area (Å²) < 4.78 is 0. The first-order valence-electron chi connectivity index (χ1n) is 7.64. The number of halogens is 1. The molecule has 1 heterocycles. The highest BCUT2D eigenvalue weighted by atomic mass is 127. The van der Waals surface area contributed by atoms with Gasteiger partial charge < -0.3 is 15.5 Å². The van der Waals surface area contributed by atoms with Crippen molar-refractivity contribution in [3.05, 3.63) is 48.0 Å². The smallest absolute Gasteiger partial charge is 0.222 e. The average Bonchev–Trinajstić information content (AvgIpc) is 2.94. The average molecular weight is 428 g/mol. The van der Waals surface area contributed by atoms with Gasteiger partial charge in [-0.2, -0.15) is 0 Å². The van der Waals surface area contributed by atoms with Crippen LogP contribution in [0.1, 0.15) is 24.0 Å². The molecule has 23 heavy (non-hydrogen) atoms. The summed E-state index contributed by atoms with van der Waals surface area (Å²) in [6.45, 7) is 6.58. The third-order valence-corrected chi connectivity index (χ3v) is 3.73. The van der Waals surface area contributed by atoms with Crippen molar-refractivity contribution in [3.63, 3.8) is 0 Å². The summed E-state index contributed by atoms with van der Waals surface area (Å²) in [5, 5.41) is 6.43. The van der Waals surface area contributed by atoms with E-state index in [1.165, 1.54) is 11.1 Å². The maximum absolute atomic E-state index is 11.8. The number of hydrogen-bond acceptors (Lipinski definition) is 2. The van der Waals surface area contributed by atoms with Crippen LogP contribution in [0.3, 0.4) is 0 Å². The second-order valence-electron chi connectivity index (χ2n) is 5.28. The van der Waals surface area contributed by atoms with Crippen LogP contribution in [0.25, 0.3) is 0 Å². The van der Waals surface area contributed by atoms with Crippen molar-refractivity contribution >= 4 is 35.8 Å². The van der Waals surface area contributed by atoms with Crippen molar-refractivity contribution in [3.8, 4) is 0 Å². The van der Waals surface area contributed by atoms with Crippen molar-refractivity contribution in [2.45, 2.75) is 25.9 Å². The summed E-state index contributed by atoms with van der Waals surface area (Å²) in [6, 6.07) is 8.21. The van der Waals surface area contributed by atoms with Gasteiger partial charge in [-0.25, -0.2) is 0 Å². The molecule has 1 fully saturated rings. The van der Waals surface area contributed by atoms with Gasteiger partial charge in [-0.3, -0.25) is 9.79 Å². The lowest BCUT2D eigenvalue weighted by Gasteiger charge is -2.19. The van der Waals surface area contributed by atoms with E-state index in [9.17, 15) is 4.79 Å². The summed E-state index contributed by atoms with van der Waals surface area (Å²) >= 11 is 0. The number of likely N-dealkylation sites (tertiary alicyclic amines) is 1. The molecular weight excluding hydrogens is 403 g/mol. The molecule has 0 aromatic heterocycles. The lowest BCUT2D eigenvalue weighted by molar-refractivity contribution is -0.128. The van der Waals surface area contributed by atoms with Crippen LogP contribution in [0.4, 0.5) is 0 Å². The molecule has 1 aliphatic heterocycles. The molecule has 1 aromatic rings. The van der Waals surface area contributed by atoms with E-state index in [0.717, 1.165) is 18.9 Å². The fraction of sp³-hybridized carbons (Fsp3) is 0.412. The van der Waals surface area contributed by atoms with Crippen LogP contribution in [-0.2, 0) is 17.9 Å². The quantitative estimate of drug-likeness (QED) is 0.317. The standard InChI is InChI=1S/C17H24N4O.HI/c1-3-10-19-17(18-2)20-12-14-7-4-5-8-15(14)13-21-11-6-9-16(21)22;/h3-5,7-8H,1,6,9-13H2,2H3,(H2,18,19,20);1H. The highest BCUT2D eigenvalue weighted by molar-refractivity contribution is 14.0. The lowest BCUT2D eigenvalue weighted by Crippen LogP contribution is -2.37. The Bertz CT molecular complexity index is 559. The Morgan fingerprint density at radius 2 is 2.09 bits per heavy atom. The third-order valence-electron chi connectivity index (χ3n) is 3.73. The van der Waals surface area contributed by atoms with Crippen LogP contribution in [0.2, 0.25) is 0 Å². The van der Waals surface area contributed by atoms with Crippen LogP contribution in [0.15, 0.2) is 41.9 Å². The fourth-order valence-electron chi connectivity index (χ4n) is 2.53. The zero-order chi connectivity index (χ0) is 15.8. The van der Waals surface area contributed by atoms with Crippen LogP contribution in [-0.4, -0.2) is 36.9 Å². The minimum atomic E-state index is 0. The number of benzene rings is 1. The Hall–Kier alpha value is -1.57. The molecule has 0 saturated carbocycles. The van der Waals surface area contributed by atoms with Crippen molar-refractivity contribution in [1.29, 1.82) is 0 Å². The van der Waals surface area contributed by atoms with Gasteiger partial charge in [-0.05, 0) is 17.5 Å². The van der Waals surface area contributed by atoms with E-state index in [4.69, 9.17) is 0 Å². The molecule has 1 amide bonds. The van der Waals surface area contributed by atoms with E-state index in [-0.39, 0.29) is 29.9 Å². The SMILES string of the molecule is C=CCNC(=NC)NCc1ccccc1CN1CCCC1=O.I. The van der Waals surface area contributed by atoms with E-state index in [1.54, 1.807) is 13.1 Å². The third kappa shape index (κ3) is 5.85. The highest BCUT2D eigenvalue weighted by Crippen LogP contribution is 2.17. The number of aliphatic imine (C=N–C) groups is 1. The molecule has 2 rings (SSSR count). The summed E-state index contributed by atoms with van der Waals surface area (Å²) in [5.41, 5.74) is 2.37. The van der Waals surface area contributed by atoms with Gasteiger partial charge in [0.2, 0.25) is 5.91 Å². The van der Waals surface area contributed by atoms with Gasteiger partial charge in [0.05, 0.1) is 0 Å². The molecule has 0 aliphatic carbocycles. The molecule has 0 radical (unpaired) electrons. The number of nitrogens with one attached hydrogen (secondary N) is 2. The van der Waals surface area contributed by atoms with Gasteiger partial charge >= 0.3 is 0 Å². The molecule has 0 atom stereocenters. The second kappa shape index (κ2) is 10.3. The molecule has 5 nitrogen and oxygen atoms in total. The van der Waals surface area contributed by atoms with Crippen molar-refractivity contribution in [2.24, 2.45) is 4.99 Å². The first kappa shape index (κ1) is 19.5. The van der Waals surface area contributed by atoms with Crippen LogP contribution in [0.5, 0.6) is 0 Å². The molecule has 1 saturated heterocycles. The summed E-state index contributed by atoms with van der Waals surface area (Å²) in [6.07, 6.45) is 3.44. The van der Waals surface area contributed by atoms with Crippen molar-refractivity contribution in [1.82, 2.24) is 15.5 Å². The highest BCUT2D eigenvalue weighted by Gasteiger charge is 2.20. The largest absolute Gasteiger partial charge is 0.353 e. The molecule has 1 aromatic carbocycles. The van der Waals surface area contributed by atoms with E-state index in [1.807, 2.05) is 17.0 Å². The van der Waals surface area contributed by atoms with Gasteiger partial charge in [0.1, 0.15) is 0 Å². The summed E-state index contributed by atoms with van der Waals surface area (Å²) in [4.78, 5) is 17.9. The zero-order valence-corrected chi connectivity index (χ0v) is 15.9. The van der Waals surface area contributed by atoms with Gasteiger partial charge in [-0.15, -0.1) is 30.6 Å². The Morgan fingerprint density at radius 1 is 1.35 bits per heavy atom. The molecule has 126 valence electrons. The molecule has 1 aliphatic rings. The molecule has 0 spiro atoms. The van der Waals surface area contributed by atoms with Crippen molar-refractivity contribution in [2.75, 3.05) is 20.1 Å². The van der Waals surface area contributed by atoms with Gasteiger partial charge in [0, 0.05) is 39.6 Å². The molecule has 0 unspecified atom stereocenters. The van der Waals surface area contributed by atoms with Gasteiger partial charge in [-0.1, -0.05) is 30.3 Å². The Balaban J connectivity index is 0.00000264. The zero-order valence-electron chi connectivity index (χ0n) is 13.5. The first-order chi connectivity index (χ1) is 10.7. The molecular formula is C17H25IN4O. The van der Waals surface area contributed by atoms with E-state index < -0.39 is 0 Å². The molecule has 2 N–H and O–H groups in total. The first-order valence-corrected chi connectivity index (χ1v) is 7.64. The van der Waals surface area contributed by atoms with Crippen LogP contribution >= 0.6 is 24.0 Å². The number of amides is 1. The topological polar surface area (TPSA) is 56.7 Å². The predicted octanol–water partition coefficient (Wildman–Crippen LogP) is 2.28. The number of rotatable bonds is 6. The minimum Gasteiger partial charge on any atom is -0.353 e. The van der Waals surface area contributed by atoms with Crippen LogP contribution in [0, 0.1) is 0 Å². The van der Waals surface area contributed by atoms with E-state index in [0.29, 0.717) is 26.1 Å². The number of nitrogens with zero attached hydrogens (tertiary/aromatic N) is 2. The van der Waals surface area contributed by atoms with E-state index >= 15 is 0 Å². The Labute approximate surface area is 155 Å². The number of carbonyl (C=O) groups excluding carboxylic acids is 1. The van der Waals surface area contributed by atoms with Crippen molar-refractivity contribution < 1.29 is 4.79 Å². The fourth-order valence-corrected chi connectivity index (χ4v) is 2.53. The molecule has 6 heteroatoms. The predicted molar refractivity (Wildman–Crippen MR) is 105 cm³/mol. The maximum atomic E-state index is 11.8. The molecule has 0 bridgehead atoms. The van der Waals surface area contributed by atoms with Gasteiger partial charge in [0.15, 0.2) is 5.96 Å². The normalized spacial score (nSPS) is 14.4. The Kier molecular flexibility index (Phi) is 8.68. The van der Waals surface area contributed by atoms with Crippen LogP contribution < -0.4 is 10.6 Å². The lowest BCUT2D eigenvalue weighted by atomic mass is 10.1. The van der Waals surface area contributed by atoms with E-state index in [2.05, 4.69) is 34.3 Å². The maximum Gasteiger partial charge on any atom is 0.222 e.